The van der Waals surface area contributed by atoms with Crippen molar-refractivity contribution in [1.82, 2.24) is 14.7 Å². The number of rotatable bonds is 3. The van der Waals surface area contributed by atoms with Crippen molar-refractivity contribution in [3.8, 4) is 6.07 Å². The van der Waals surface area contributed by atoms with E-state index in [9.17, 15) is 4.79 Å². The predicted octanol–water partition coefficient (Wildman–Crippen LogP) is 1.02. The Bertz CT molecular complexity index is 663. The van der Waals surface area contributed by atoms with Gasteiger partial charge in [0, 0.05) is 12.1 Å². The van der Waals surface area contributed by atoms with Gasteiger partial charge < -0.3 is 9.09 Å². The third-order valence-corrected chi connectivity index (χ3v) is 2.63. The first-order valence-electron chi connectivity index (χ1n) is 5.57. The molecule has 2 aromatic heterocycles. The first-order valence-corrected chi connectivity index (χ1v) is 5.57. The summed E-state index contributed by atoms with van der Waals surface area (Å²) in [6, 6.07) is 5.11. The normalized spacial score (nSPS) is 10.3. The monoisotopic (exact) mass is 244 g/mol. The van der Waals surface area contributed by atoms with Gasteiger partial charge in [0.05, 0.1) is 6.54 Å². The molecule has 6 heteroatoms. The maximum Gasteiger partial charge on any atom is 0.269 e. The number of nitriles is 1. The molecule has 6 nitrogen and oxygen atoms in total. The Morgan fingerprint density at radius 2 is 2.28 bits per heavy atom. The molecule has 0 atom stereocenters. The van der Waals surface area contributed by atoms with E-state index >= 15 is 0 Å². The fraction of sp³-hybridized carbons (Fsp3) is 0.333. The predicted molar refractivity (Wildman–Crippen MR) is 62.9 cm³/mol. The van der Waals surface area contributed by atoms with E-state index < -0.39 is 0 Å². The summed E-state index contributed by atoms with van der Waals surface area (Å²) in [6.45, 7) is 3.91. The average Bonchev–Trinajstić information content (AvgIpc) is 2.82. The van der Waals surface area contributed by atoms with Crippen molar-refractivity contribution in [1.29, 1.82) is 5.26 Å². The second kappa shape index (κ2) is 4.84. The first kappa shape index (κ1) is 12.0. The second-order valence-electron chi connectivity index (χ2n) is 3.85. The van der Waals surface area contributed by atoms with Crippen LogP contribution in [-0.2, 0) is 13.0 Å². The molecule has 0 N–H and O–H groups in total. The zero-order chi connectivity index (χ0) is 13.1. The molecule has 2 aromatic rings. The SMILES string of the molecule is CCc1nc(Cn2c(C)ccc(C#N)c2=O)no1. The summed E-state index contributed by atoms with van der Waals surface area (Å²) < 4.78 is 6.44. The largest absolute Gasteiger partial charge is 0.339 e. The van der Waals surface area contributed by atoms with Crippen molar-refractivity contribution in [3.05, 3.63) is 45.5 Å². The molecule has 0 aliphatic carbocycles. The van der Waals surface area contributed by atoms with Crippen molar-refractivity contribution in [2.75, 3.05) is 0 Å². The highest BCUT2D eigenvalue weighted by atomic mass is 16.5. The van der Waals surface area contributed by atoms with Crippen LogP contribution in [0.2, 0.25) is 0 Å². The molecule has 0 aromatic carbocycles. The van der Waals surface area contributed by atoms with E-state index in [0.717, 1.165) is 5.69 Å². The quantitative estimate of drug-likeness (QED) is 0.804. The van der Waals surface area contributed by atoms with Crippen LogP contribution in [0.1, 0.15) is 29.9 Å². The molecule has 2 rings (SSSR count). The van der Waals surface area contributed by atoms with Crippen molar-refractivity contribution in [3.63, 3.8) is 0 Å². The minimum Gasteiger partial charge on any atom is -0.339 e. The van der Waals surface area contributed by atoms with Crippen LogP contribution in [0.5, 0.6) is 0 Å². The topological polar surface area (TPSA) is 84.7 Å². The average molecular weight is 244 g/mol. The van der Waals surface area contributed by atoms with Crippen LogP contribution in [0.4, 0.5) is 0 Å². The standard InChI is InChI=1S/C12H12N4O2/c1-3-11-14-10(15-18-11)7-16-8(2)4-5-9(6-13)12(16)17/h4-5H,3,7H2,1-2H3. The molecule has 0 unspecified atom stereocenters. The molecule has 0 bridgehead atoms. The lowest BCUT2D eigenvalue weighted by Gasteiger charge is -2.06. The van der Waals surface area contributed by atoms with E-state index in [1.54, 1.807) is 13.0 Å². The molecule has 18 heavy (non-hydrogen) atoms. The van der Waals surface area contributed by atoms with Crippen LogP contribution >= 0.6 is 0 Å². The van der Waals surface area contributed by atoms with Gasteiger partial charge in [-0.25, -0.2) is 0 Å². The highest BCUT2D eigenvalue weighted by Gasteiger charge is 2.10. The minimum atomic E-state index is -0.333. The van der Waals surface area contributed by atoms with Gasteiger partial charge >= 0.3 is 0 Å². The Morgan fingerprint density at radius 1 is 1.50 bits per heavy atom. The van der Waals surface area contributed by atoms with Crippen LogP contribution in [0.25, 0.3) is 0 Å². The molecule has 0 amide bonds. The third kappa shape index (κ3) is 2.15. The number of hydrogen-bond donors (Lipinski definition) is 0. The second-order valence-corrected chi connectivity index (χ2v) is 3.85. The van der Waals surface area contributed by atoms with E-state index in [4.69, 9.17) is 9.78 Å². The Labute approximate surface area is 103 Å². The fourth-order valence-electron chi connectivity index (χ4n) is 1.59. The zero-order valence-corrected chi connectivity index (χ0v) is 10.2. The smallest absolute Gasteiger partial charge is 0.269 e. The molecule has 0 fully saturated rings. The van der Waals surface area contributed by atoms with Gasteiger partial charge in [0.25, 0.3) is 5.56 Å². The van der Waals surface area contributed by atoms with E-state index in [2.05, 4.69) is 10.1 Å². The van der Waals surface area contributed by atoms with Gasteiger partial charge in [0.1, 0.15) is 11.6 Å². The molecular weight excluding hydrogens is 232 g/mol. The van der Waals surface area contributed by atoms with E-state index in [0.29, 0.717) is 18.1 Å². The van der Waals surface area contributed by atoms with Crippen LogP contribution in [0, 0.1) is 18.3 Å². The van der Waals surface area contributed by atoms with E-state index in [1.165, 1.54) is 10.6 Å². The van der Waals surface area contributed by atoms with Gasteiger partial charge in [0.2, 0.25) is 5.89 Å². The van der Waals surface area contributed by atoms with Crippen LogP contribution < -0.4 is 5.56 Å². The van der Waals surface area contributed by atoms with Crippen molar-refractivity contribution >= 4 is 0 Å². The molecule has 0 spiro atoms. The Hall–Kier alpha value is -2.42. The molecule has 0 aliphatic rings. The van der Waals surface area contributed by atoms with Gasteiger partial charge in [-0.3, -0.25) is 4.79 Å². The molecule has 2 heterocycles. The van der Waals surface area contributed by atoms with Crippen molar-refractivity contribution in [2.45, 2.75) is 26.8 Å². The number of nitrogens with zero attached hydrogens (tertiary/aromatic N) is 4. The summed E-state index contributed by atoms with van der Waals surface area (Å²) in [7, 11) is 0. The number of pyridine rings is 1. The maximum absolute atomic E-state index is 12.0. The lowest BCUT2D eigenvalue weighted by atomic mass is 10.2. The van der Waals surface area contributed by atoms with Gasteiger partial charge in [-0.05, 0) is 19.1 Å². The zero-order valence-electron chi connectivity index (χ0n) is 10.2. The first-order chi connectivity index (χ1) is 8.65. The summed E-state index contributed by atoms with van der Waals surface area (Å²) in [5.41, 5.74) is 0.530. The lowest BCUT2D eigenvalue weighted by Crippen LogP contribution is -2.25. The van der Waals surface area contributed by atoms with Gasteiger partial charge in [-0.15, -0.1) is 0 Å². The van der Waals surface area contributed by atoms with Crippen LogP contribution in [0.3, 0.4) is 0 Å². The lowest BCUT2D eigenvalue weighted by molar-refractivity contribution is 0.375. The summed E-state index contributed by atoms with van der Waals surface area (Å²) in [5, 5.41) is 12.6. The Balaban J connectivity index is 2.40. The Kier molecular flexibility index (Phi) is 3.24. The molecule has 92 valence electrons. The molecule has 0 saturated heterocycles. The fourth-order valence-corrected chi connectivity index (χ4v) is 1.59. The molecule has 0 radical (unpaired) electrons. The highest BCUT2D eigenvalue weighted by molar-refractivity contribution is 5.27. The van der Waals surface area contributed by atoms with Gasteiger partial charge in [-0.1, -0.05) is 12.1 Å². The number of hydrogen-bond acceptors (Lipinski definition) is 5. The van der Waals surface area contributed by atoms with Crippen molar-refractivity contribution in [2.24, 2.45) is 0 Å². The molecular formula is C12H12N4O2. The van der Waals surface area contributed by atoms with E-state index in [1.807, 2.05) is 13.0 Å². The van der Waals surface area contributed by atoms with E-state index in [-0.39, 0.29) is 17.7 Å². The highest BCUT2D eigenvalue weighted by Crippen LogP contribution is 2.03. The van der Waals surface area contributed by atoms with Crippen LogP contribution in [-0.4, -0.2) is 14.7 Å². The summed E-state index contributed by atoms with van der Waals surface area (Å²) in [6.07, 6.45) is 0.652. The summed E-state index contributed by atoms with van der Waals surface area (Å²) >= 11 is 0. The number of aryl methyl sites for hydroxylation is 2. The maximum atomic E-state index is 12.0. The molecule has 0 aliphatic heterocycles. The Morgan fingerprint density at radius 3 is 2.89 bits per heavy atom. The molecule has 0 saturated carbocycles. The number of aromatic nitrogens is 3. The third-order valence-electron chi connectivity index (χ3n) is 2.63. The summed E-state index contributed by atoms with van der Waals surface area (Å²) in [4.78, 5) is 16.1. The summed E-state index contributed by atoms with van der Waals surface area (Å²) in [5.74, 6) is 0.972. The van der Waals surface area contributed by atoms with Gasteiger partial charge in [-0.2, -0.15) is 10.2 Å². The van der Waals surface area contributed by atoms with Crippen molar-refractivity contribution < 1.29 is 4.52 Å². The van der Waals surface area contributed by atoms with Crippen LogP contribution in [0.15, 0.2) is 21.5 Å². The minimum absolute atomic E-state index is 0.111. The van der Waals surface area contributed by atoms with Gasteiger partial charge in [0.15, 0.2) is 5.82 Å².